The van der Waals surface area contributed by atoms with Gasteiger partial charge >= 0.3 is 0 Å². The lowest BCUT2D eigenvalue weighted by Crippen LogP contribution is -1.88. The molecule has 0 unspecified atom stereocenters. The average molecular weight is 196 g/mol. The van der Waals surface area contributed by atoms with E-state index < -0.39 is 0 Å². The third-order valence-electron chi connectivity index (χ3n) is 1.97. The second kappa shape index (κ2) is 4.96. The highest BCUT2D eigenvalue weighted by Crippen LogP contribution is 2.03. The summed E-state index contributed by atoms with van der Waals surface area (Å²) in [6.07, 6.45) is 5.66. The third kappa shape index (κ3) is 2.95. The monoisotopic (exact) mass is 196 g/mol. The number of aromatic nitrogens is 1. The Morgan fingerprint density at radius 3 is 2.47 bits per heavy atom. The largest absolute Gasteiger partial charge is 0.347 e. The zero-order valence-corrected chi connectivity index (χ0v) is 8.30. The van der Waals surface area contributed by atoms with Crippen molar-refractivity contribution in [2.24, 2.45) is 0 Å². The van der Waals surface area contributed by atoms with Gasteiger partial charge in [-0.3, -0.25) is 0 Å². The molecular formula is C13H12N2. The zero-order chi connectivity index (χ0) is 10.3. The molecule has 0 atom stereocenters. The predicted octanol–water partition coefficient (Wildman–Crippen LogP) is 3.16. The molecule has 0 saturated carbocycles. The lowest BCUT2D eigenvalue weighted by Gasteiger charge is -1.97. The van der Waals surface area contributed by atoms with Crippen molar-refractivity contribution in [3.8, 4) is 0 Å². The molecule has 0 aliphatic rings. The average Bonchev–Trinajstić information content (AvgIpc) is 2.32. The second-order valence-electron chi connectivity index (χ2n) is 3.10. The van der Waals surface area contributed by atoms with Crippen LogP contribution in [0.5, 0.6) is 0 Å². The van der Waals surface area contributed by atoms with Crippen molar-refractivity contribution >= 4 is 11.9 Å². The summed E-state index contributed by atoms with van der Waals surface area (Å²) in [5.74, 6) is 0.852. The van der Waals surface area contributed by atoms with Crippen LogP contribution in [0, 0.1) is 0 Å². The molecule has 0 saturated heterocycles. The van der Waals surface area contributed by atoms with Crippen molar-refractivity contribution < 1.29 is 0 Å². The van der Waals surface area contributed by atoms with E-state index in [-0.39, 0.29) is 0 Å². The van der Waals surface area contributed by atoms with Crippen LogP contribution in [0.3, 0.4) is 0 Å². The van der Waals surface area contributed by atoms with Gasteiger partial charge in [-0.05, 0) is 23.8 Å². The van der Waals surface area contributed by atoms with Crippen LogP contribution in [0.15, 0.2) is 60.9 Å². The maximum Gasteiger partial charge on any atom is 0.129 e. The van der Waals surface area contributed by atoms with Gasteiger partial charge in [-0.1, -0.05) is 36.4 Å². The quantitative estimate of drug-likeness (QED) is 0.815. The van der Waals surface area contributed by atoms with E-state index in [1.54, 1.807) is 6.20 Å². The molecule has 1 aromatic heterocycles. The van der Waals surface area contributed by atoms with Crippen molar-refractivity contribution in [3.63, 3.8) is 0 Å². The number of nitrogens with one attached hydrogen (secondary N) is 1. The number of pyridine rings is 1. The Bertz CT molecular complexity index is 421. The first kappa shape index (κ1) is 9.46. The lowest BCUT2D eigenvalue weighted by molar-refractivity contribution is 1.31. The highest BCUT2D eigenvalue weighted by Gasteiger charge is 1.85. The van der Waals surface area contributed by atoms with Gasteiger partial charge in [0.1, 0.15) is 5.82 Å². The van der Waals surface area contributed by atoms with E-state index in [2.05, 4.69) is 22.4 Å². The van der Waals surface area contributed by atoms with Crippen LogP contribution in [-0.2, 0) is 0 Å². The first-order valence-corrected chi connectivity index (χ1v) is 4.84. The second-order valence-corrected chi connectivity index (χ2v) is 3.10. The van der Waals surface area contributed by atoms with Crippen LogP contribution in [0.1, 0.15) is 5.56 Å². The van der Waals surface area contributed by atoms with Crippen molar-refractivity contribution in [2.75, 3.05) is 5.32 Å². The summed E-state index contributed by atoms with van der Waals surface area (Å²) in [6.45, 7) is 0. The topological polar surface area (TPSA) is 24.9 Å². The van der Waals surface area contributed by atoms with Crippen LogP contribution in [0.25, 0.3) is 6.08 Å². The number of anilines is 1. The Hall–Kier alpha value is -2.09. The molecule has 74 valence electrons. The van der Waals surface area contributed by atoms with E-state index in [0.29, 0.717) is 0 Å². The molecule has 15 heavy (non-hydrogen) atoms. The molecule has 1 aromatic carbocycles. The van der Waals surface area contributed by atoms with Crippen molar-refractivity contribution in [1.82, 2.24) is 4.98 Å². The molecule has 2 aromatic rings. The van der Waals surface area contributed by atoms with E-state index >= 15 is 0 Å². The highest BCUT2D eigenvalue weighted by atomic mass is 15.0. The molecular weight excluding hydrogens is 184 g/mol. The SMILES string of the molecule is C(=Cc1ccccc1)Nc1ccccn1. The van der Waals surface area contributed by atoms with E-state index in [4.69, 9.17) is 0 Å². The van der Waals surface area contributed by atoms with Gasteiger partial charge in [0.15, 0.2) is 0 Å². The normalized spacial score (nSPS) is 10.4. The van der Waals surface area contributed by atoms with E-state index in [0.717, 1.165) is 5.82 Å². The van der Waals surface area contributed by atoms with Crippen LogP contribution in [0.2, 0.25) is 0 Å². The molecule has 0 spiro atoms. The van der Waals surface area contributed by atoms with Gasteiger partial charge in [-0.15, -0.1) is 0 Å². The standard InChI is InChI=1S/C13H12N2/c1-2-6-12(7-3-1)9-11-15-13-8-4-5-10-14-13/h1-11H,(H,14,15). The minimum absolute atomic E-state index is 0.852. The Balaban J connectivity index is 1.97. The summed E-state index contributed by atoms with van der Waals surface area (Å²) in [4.78, 5) is 4.15. The molecule has 1 heterocycles. The molecule has 0 amide bonds. The van der Waals surface area contributed by atoms with Crippen LogP contribution >= 0.6 is 0 Å². The minimum Gasteiger partial charge on any atom is -0.347 e. The molecule has 2 rings (SSSR count). The minimum atomic E-state index is 0.852. The maximum atomic E-state index is 4.15. The Labute approximate surface area is 89.3 Å². The number of hydrogen-bond acceptors (Lipinski definition) is 2. The molecule has 0 aliphatic heterocycles. The van der Waals surface area contributed by atoms with Gasteiger partial charge in [0.25, 0.3) is 0 Å². The molecule has 0 fully saturated rings. The number of hydrogen-bond donors (Lipinski definition) is 1. The molecule has 0 radical (unpaired) electrons. The van der Waals surface area contributed by atoms with Crippen molar-refractivity contribution in [1.29, 1.82) is 0 Å². The molecule has 2 heteroatoms. The zero-order valence-electron chi connectivity index (χ0n) is 8.30. The van der Waals surface area contributed by atoms with E-state index in [1.807, 2.05) is 48.7 Å². The lowest BCUT2D eigenvalue weighted by atomic mass is 10.2. The third-order valence-corrected chi connectivity index (χ3v) is 1.97. The number of benzene rings is 1. The summed E-state index contributed by atoms with van der Waals surface area (Å²) in [5, 5.41) is 3.10. The van der Waals surface area contributed by atoms with E-state index in [9.17, 15) is 0 Å². The molecule has 1 N–H and O–H groups in total. The fourth-order valence-electron chi connectivity index (χ4n) is 1.24. The summed E-state index contributed by atoms with van der Waals surface area (Å²) in [5.41, 5.74) is 1.17. The van der Waals surface area contributed by atoms with Gasteiger partial charge in [0.2, 0.25) is 0 Å². The van der Waals surface area contributed by atoms with Crippen LogP contribution in [0.4, 0.5) is 5.82 Å². The Morgan fingerprint density at radius 2 is 1.73 bits per heavy atom. The number of rotatable bonds is 3. The summed E-state index contributed by atoms with van der Waals surface area (Å²) >= 11 is 0. The summed E-state index contributed by atoms with van der Waals surface area (Å²) in [7, 11) is 0. The molecule has 0 bridgehead atoms. The van der Waals surface area contributed by atoms with Gasteiger partial charge in [-0.25, -0.2) is 4.98 Å². The molecule has 2 nitrogen and oxygen atoms in total. The van der Waals surface area contributed by atoms with Crippen molar-refractivity contribution in [3.05, 3.63) is 66.5 Å². The predicted molar refractivity (Wildman–Crippen MR) is 63.3 cm³/mol. The van der Waals surface area contributed by atoms with Gasteiger partial charge in [0, 0.05) is 12.4 Å². The highest BCUT2D eigenvalue weighted by molar-refractivity contribution is 5.52. The van der Waals surface area contributed by atoms with Crippen LogP contribution in [-0.4, -0.2) is 4.98 Å². The Morgan fingerprint density at radius 1 is 0.933 bits per heavy atom. The fourth-order valence-corrected chi connectivity index (χ4v) is 1.24. The van der Waals surface area contributed by atoms with Gasteiger partial charge in [-0.2, -0.15) is 0 Å². The fraction of sp³-hybridized carbons (Fsp3) is 0. The summed E-state index contributed by atoms with van der Waals surface area (Å²) < 4.78 is 0. The van der Waals surface area contributed by atoms with Gasteiger partial charge in [0.05, 0.1) is 0 Å². The number of nitrogens with zero attached hydrogens (tertiary/aromatic N) is 1. The summed E-state index contributed by atoms with van der Waals surface area (Å²) in [6, 6.07) is 15.9. The van der Waals surface area contributed by atoms with Gasteiger partial charge < -0.3 is 5.32 Å². The Kier molecular flexibility index (Phi) is 3.13. The molecule has 0 aliphatic carbocycles. The van der Waals surface area contributed by atoms with Crippen molar-refractivity contribution in [2.45, 2.75) is 0 Å². The smallest absolute Gasteiger partial charge is 0.129 e. The van der Waals surface area contributed by atoms with Crippen LogP contribution < -0.4 is 5.32 Å². The van der Waals surface area contributed by atoms with E-state index in [1.165, 1.54) is 5.56 Å². The maximum absolute atomic E-state index is 4.15. The first-order valence-electron chi connectivity index (χ1n) is 4.84. The first-order chi connectivity index (χ1) is 7.45.